The Hall–Kier alpha value is -2.66. The van der Waals surface area contributed by atoms with E-state index in [0.717, 1.165) is 23.4 Å². The van der Waals surface area contributed by atoms with Crippen LogP contribution in [0, 0.1) is 12.7 Å². The number of nitrogens with zero attached hydrogens (tertiary/aromatic N) is 1. The van der Waals surface area contributed by atoms with Crippen LogP contribution in [-0.4, -0.2) is 23.5 Å². The Balaban J connectivity index is 1.53. The van der Waals surface area contributed by atoms with E-state index in [1.807, 2.05) is 13.0 Å². The molecular weight excluding hydrogens is 333 g/mol. The van der Waals surface area contributed by atoms with Crippen LogP contribution in [-0.2, 0) is 6.54 Å². The summed E-state index contributed by atoms with van der Waals surface area (Å²) in [6, 6.07) is 8.80. The average molecular weight is 351 g/mol. The molecule has 0 radical (unpaired) electrons. The van der Waals surface area contributed by atoms with Crippen LogP contribution in [0.1, 0.15) is 39.9 Å². The van der Waals surface area contributed by atoms with Crippen LogP contribution in [0.5, 0.6) is 11.5 Å². The van der Waals surface area contributed by atoms with Crippen LogP contribution in [0.2, 0.25) is 0 Å². The fourth-order valence-electron chi connectivity index (χ4n) is 3.67. The molecule has 0 saturated heterocycles. The van der Waals surface area contributed by atoms with E-state index in [2.05, 4.69) is 4.90 Å². The van der Waals surface area contributed by atoms with Crippen LogP contribution in [0.4, 0.5) is 4.39 Å². The van der Waals surface area contributed by atoms with Gasteiger partial charge in [0, 0.05) is 29.3 Å². The summed E-state index contributed by atoms with van der Waals surface area (Å²) in [4.78, 5) is 15.1. The zero-order valence-electron chi connectivity index (χ0n) is 14.4. The molecule has 2 aliphatic heterocycles. The van der Waals surface area contributed by atoms with Crippen molar-refractivity contribution in [2.24, 2.45) is 0 Å². The van der Waals surface area contributed by atoms with Gasteiger partial charge in [-0.05, 0) is 38.0 Å². The van der Waals surface area contributed by atoms with E-state index in [1.165, 1.54) is 25.0 Å². The molecule has 2 aromatic carbocycles. The number of ether oxygens (including phenoxy) is 2. The van der Waals surface area contributed by atoms with Crippen molar-refractivity contribution in [1.82, 2.24) is 4.90 Å². The van der Waals surface area contributed by atoms with Gasteiger partial charge in [0.15, 0.2) is 5.76 Å². The molecule has 0 bridgehead atoms. The fraction of sp³-hybridized carbons (Fsp3) is 0.286. The monoisotopic (exact) mass is 351 g/mol. The molecule has 26 heavy (non-hydrogen) atoms. The van der Waals surface area contributed by atoms with Gasteiger partial charge in [0.2, 0.25) is 5.78 Å². The number of rotatable bonds is 2. The lowest BCUT2D eigenvalue weighted by Crippen LogP contribution is -2.34. The van der Waals surface area contributed by atoms with Crippen LogP contribution >= 0.6 is 0 Å². The van der Waals surface area contributed by atoms with Gasteiger partial charge in [-0.3, -0.25) is 9.69 Å². The van der Waals surface area contributed by atoms with Gasteiger partial charge in [-0.15, -0.1) is 0 Å². The van der Waals surface area contributed by atoms with Crippen molar-refractivity contribution in [2.45, 2.75) is 32.4 Å². The quantitative estimate of drug-likeness (QED) is 0.765. The first-order valence-electron chi connectivity index (χ1n) is 8.84. The molecule has 5 rings (SSSR count). The van der Waals surface area contributed by atoms with Gasteiger partial charge in [0.05, 0.1) is 5.56 Å². The molecule has 2 aromatic rings. The van der Waals surface area contributed by atoms with Crippen molar-refractivity contribution >= 4 is 11.9 Å². The highest BCUT2D eigenvalue weighted by atomic mass is 19.1. The summed E-state index contributed by atoms with van der Waals surface area (Å²) in [6.07, 6.45) is 3.88. The van der Waals surface area contributed by atoms with Crippen LogP contribution in [0.25, 0.3) is 6.08 Å². The minimum Gasteiger partial charge on any atom is -0.477 e. The summed E-state index contributed by atoms with van der Waals surface area (Å²) in [6.45, 7) is 3.26. The number of allylic oxidation sites excluding steroid dienone is 1. The van der Waals surface area contributed by atoms with Gasteiger partial charge in [0.25, 0.3) is 0 Å². The van der Waals surface area contributed by atoms with Crippen molar-refractivity contribution in [3.8, 4) is 11.5 Å². The van der Waals surface area contributed by atoms with Crippen molar-refractivity contribution in [1.29, 1.82) is 0 Å². The highest BCUT2D eigenvalue weighted by molar-refractivity contribution is 6.15. The molecule has 0 aromatic heterocycles. The molecule has 3 aliphatic rings. The van der Waals surface area contributed by atoms with E-state index >= 15 is 0 Å². The fourth-order valence-corrected chi connectivity index (χ4v) is 3.67. The second-order valence-corrected chi connectivity index (χ2v) is 7.08. The molecule has 4 nitrogen and oxygen atoms in total. The maximum absolute atomic E-state index is 13.9. The molecule has 0 spiro atoms. The molecule has 0 unspecified atom stereocenters. The van der Waals surface area contributed by atoms with E-state index < -0.39 is 0 Å². The minimum atomic E-state index is -0.383. The largest absolute Gasteiger partial charge is 0.477 e. The second-order valence-electron chi connectivity index (χ2n) is 7.08. The number of carbonyl (C=O) groups is 1. The van der Waals surface area contributed by atoms with Crippen molar-refractivity contribution in [3.05, 3.63) is 64.2 Å². The zero-order chi connectivity index (χ0) is 17.8. The SMILES string of the molecule is Cc1c2c(cc3c1O/C(=C/c1ccccc1F)C3=O)CN(C1CC1)CO2. The van der Waals surface area contributed by atoms with Crippen molar-refractivity contribution < 1.29 is 18.7 Å². The number of hydrogen-bond acceptors (Lipinski definition) is 4. The van der Waals surface area contributed by atoms with Gasteiger partial charge >= 0.3 is 0 Å². The highest BCUT2D eigenvalue weighted by Gasteiger charge is 2.36. The number of fused-ring (bicyclic) bond motifs is 2. The first kappa shape index (κ1) is 15.6. The van der Waals surface area contributed by atoms with E-state index in [1.54, 1.807) is 18.2 Å². The summed E-state index contributed by atoms with van der Waals surface area (Å²) < 4.78 is 25.7. The number of carbonyl (C=O) groups excluding carboxylic acids is 1. The predicted octanol–water partition coefficient (Wildman–Crippen LogP) is 4.06. The number of hydrogen-bond donors (Lipinski definition) is 0. The number of Topliss-reactive ketones (excluding diaryl/α,β-unsaturated/α-hetero) is 1. The van der Waals surface area contributed by atoms with E-state index in [-0.39, 0.29) is 17.4 Å². The smallest absolute Gasteiger partial charge is 0.231 e. The third-order valence-electron chi connectivity index (χ3n) is 5.22. The Morgan fingerprint density at radius 3 is 2.81 bits per heavy atom. The van der Waals surface area contributed by atoms with Gasteiger partial charge in [-0.1, -0.05) is 18.2 Å². The summed E-state index contributed by atoms with van der Waals surface area (Å²) in [7, 11) is 0. The summed E-state index contributed by atoms with van der Waals surface area (Å²) in [5.41, 5.74) is 2.72. The normalized spacial score (nSPS) is 20.5. The Kier molecular flexibility index (Phi) is 3.40. The van der Waals surface area contributed by atoms with Crippen LogP contribution in [0.3, 0.4) is 0 Å². The Bertz CT molecular complexity index is 962. The molecule has 1 saturated carbocycles. The number of halogens is 1. The van der Waals surface area contributed by atoms with Gasteiger partial charge in [-0.2, -0.15) is 0 Å². The molecule has 2 heterocycles. The standard InChI is InChI=1S/C21H18FNO3/c1-12-20-14(10-23(11-25-20)15-6-7-15)8-16-19(24)18(26-21(12)16)9-13-4-2-3-5-17(13)22/h2-5,8-9,15H,6-7,10-11H2,1H3/b18-9+. The Labute approximate surface area is 150 Å². The molecule has 1 aliphatic carbocycles. The predicted molar refractivity (Wildman–Crippen MR) is 94.6 cm³/mol. The van der Waals surface area contributed by atoms with E-state index in [0.29, 0.717) is 29.6 Å². The van der Waals surface area contributed by atoms with E-state index in [9.17, 15) is 9.18 Å². The van der Waals surface area contributed by atoms with Gasteiger partial charge in [-0.25, -0.2) is 4.39 Å². The Morgan fingerprint density at radius 1 is 1.23 bits per heavy atom. The molecule has 0 atom stereocenters. The Morgan fingerprint density at radius 2 is 2.04 bits per heavy atom. The molecule has 1 fully saturated rings. The number of ketones is 1. The van der Waals surface area contributed by atoms with Gasteiger partial charge < -0.3 is 9.47 Å². The topological polar surface area (TPSA) is 38.8 Å². The molecule has 5 heteroatoms. The first-order chi connectivity index (χ1) is 12.6. The summed E-state index contributed by atoms with van der Waals surface area (Å²) in [5, 5.41) is 0. The average Bonchev–Trinajstić information content (AvgIpc) is 3.44. The molecular formula is C21H18FNO3. The van der Waals surface area contributed by atoms with Crippen LogP contribution in [0.15, 0.2) is 36.1 Å². The first-order valence-corrected chi connectivity index (χ1v) is 8.84. The van der Waals surface area contributed by atoms with Gasteiger partial charge in [0.1, 0.15) is 24.0 Å². The molecule has 0 N–H and O–H groups in total. The maximum atomic E-state index is 13.9. The van der Waals surface area contributed by atoms with E-state index in [4.69, 9.17) is 9.47 Å². The van der Waals surface area contributed by atoms with Crippen molar-refractivity contribution in [2.75, 3.05) is 6.73 Å². The van der Waals surface area contributed by atoms with Crippen molar-refractivity contribution in [3.63, 3.8) is 0 Å². The molecule has 0 amide bonds. The summed E-state index contributed by atoms with van der Waals surface area (Å²) in [5.74, 6) is 0.885. The molecule has 132 valence electrons. The third kappa shape index (κ3) is 2.42. The highest BCUT2D eigenvalue weighted by Crippen LogP contribution is 2.44. The zero-order valence-corrected chi connectivity index (χ0v) is 14.4. The summed E-state index contributed by atoms with van der Waals surface area (Å²) >= 11 is 0. The second kappa shape index (κ2) is 5.68. The number of benzene rings is 2. The lowest BCUT2D eigenvalue weighted by molar-refractivity contribution is 0.0872. The lowest BCUT2D eigenvalue weighted by Gasteiger charge is -2.30. The lowest BCUT2D eigenvalue weighted by atomic mass is 10.00. The third-order valence-corrected chi connectivity index (χ3v) is 5.22. The van der Waals surface area contributed by atoms with Crippen LogP contribution < -0.4 is 9.47 Å². The maximum Gasteiger partial charge on any atom is 0.231 e. The minimum absolute atomic E-state index is 0.148.